The predicted octanol–water partition coefficient (Wildman–Crippen LogP) is 0.439. The number of nitrogens with one attached hydrogen (secondary N) is 2. The van der Waals surface area contributed by atoms with Crippen molar-refractivity contribution in [3.63, 3.8) is 0 Å². The molecule has 0 bridgehead atoms. The Kier molecular flexibility index (Phi) is 3.58. The molecular weight excluding hydrogens is 166 g/mol. The third kappa shape index (κ3) is 3.43. The first-order valence-corrected chi connectivity index (χ1v) is 4.00. The van der Waals surface area contributed by atoms with Crippen LogP contribution in [0.3, 0.4) is 0 Å². The minimum atomic E-state index is -0.0347. The summed E-state index contributed by atoms with van der Waals surface area (Å²) < 4.78 is 0. The van der Waals surface area contributed by atoms with Crippen molar-refractivity contribution in [1.29, 1.82) is 0 Å². The van der Waals surface area contributed by atoms with Crippen molar-refractivity contribution in [3.05, 3.63) is 18.2 Å². The number of carbonyl (C=O) groups is 1. The summed E-state index contributed by atoms with van der Waals surface area (Å²) in [7, 11) is 0. The highest BCUT2D eigenvalue weighted by atomic mass is 16.1. The number of nitrogens with zero attached hydrogens (tertiary/aromatic N) is 1. The molecule has 0 saturated carbocycles. The molecule has 0 spiro atoms. The summed E-state index contributed by atoms with van der Waals surface area (Å²) in [6.45, 7) is 0.476. The maximum Gasteiger partial charge on any atom is 0.221 e. The zero-order chi connectivity index (χ0) is 9.52. The molecule has 4 nitrogen and oxygen atoms in total. The minimum absolute atomic E-state index is 0.0347. The van der Waals surface area contributed by atoms with E-state index in [9.17, 15) is 4.79 Å². The van der Waals surface area contributed by atoms with Gasteiger partial charge in [-0.15, -0.1) is 12.3 Å². The predicted molar refractivity (Wildman–Crippen MR) is 48.5 cm³/mol. The quantitative estimate of drug-likeness (QED) is 0.655. The highest BCUT2D eigenvalue weighted by Gasteiger charge is 1.99. The lowest BCUT2D eigenvalue weighted by Crippen LogP contribution is -2.22. The average molecular weight is 177 g/mol. The van der Waals surface area contributed by atoms with E-state index in [1.165, 1.54) is 0 Å². The van der Waals surface area contributed by atoms with Crippen LogP contribution in [0, 0.1) is 12.3 Å². The normalized spacial score (nSPS) is 9.15. The van der Waals surface area contributed by atoms with E-state index in [4.69, 9.17) is 6.42 Å². The van der Waals surface area contributed by atoms with Crippen LogP contribution in [-0.2, 0) is 11.3 Å². The monoisotopic (exact) mass is 177 g/mol. The number of hydrogen-bond acceptors (Lipinski definition) is 2. The second-order valence-corrected chi connectivity index (χ2v) is 2.56. The first kappa shape index (κ1) is 9.33. The van der Waals surface area contributed by atoms with Crippen LogP contribution in [0.15, 0.2) is 12.5 Å². The summed E-state index contributed by atoms with van der Waals surface area (Å²) in [6, 6.07) is 0. The molecule has 1 heterocycles. The van der Waals surface area contributed by atoms with E-state index in [0.29, 0.717) is 19.4 Å². The lowest BCUT2D eigenvalue weighted by Gasteiger charge is -2.00. The van der Waals surface area contributed by atoms with Gasteiger partial charge in [0.2, 0.25) is 5.91 Å². The van der Waals surface area contributed by atoms with Gasteiger partial charge in [-0.3, -0.25) is 4.79 Å². The molecule has 0 aliphatic carbocycles. The number of imidazole rings is 1. The molecule has 13 heavy (non-hydrogen) atoms. The smallest absolute Gasteiger partial charge is 0.221 e. The van der Waals surface area contributed by atoms with Crippen molar-refractivity contribution in [1.82, 2.24) is 15.3 Å². The second kappa shape index (κ2) is 4.99. The lowest BCUT2D eigenvalue weighted by molar-refractivity contribution is -0.121. The molecular formula is C9H11N3O. The van der Waals surface area contributed by atoms with Crippen molar-refractivity contribution in [2.75, 3.05) is 0 Å². The average Bonchev–Trinajstić information content (AvgIpc) is 2.64. The highest BCUT2D eigenvalue weighted by Crippen LogP contribution is 1.91. The van der Waals surface area contributed by atoms with Crippen LogP contribution in [0.4, 0.5) is 0 Å². The van der Waals surface area contributed by atoms with Gasteiger partial charge < -0.3 is 10.3 Å². The van der Waals surface area contributed by atoms with E-state index in [0.717, 1.165) is 5.69 Å². The van der Waals surface area contributed by atoms with Crippen molar-refractivity contribution >= 4 is 5.91 Å². The fourth-order valence-electron chi connectivity index (χ4n) is 0.849. The summed E-state index contributed by atoms with van der Waals surface area (Å²) >= 11 is 0. The number of carbonyl (C=O) groups excluding carboxylic acids is 1. The van der Waals surface area contributed by atoms with Gasteiger partial charge in [0, 0.05) is 19.0 Å². The summed E-state index contributed by atoms with van der Waals surface area (Å²) in [4.78, 5) is 17.8. The molecule has 0 radical (unpaired) electrons. The first-order valence-electron chi connectivity index (χ1n) is 4.00. The highest BCUT2D eigenvalue weighted by molar-refractivity contribution is 5.76. The van der Waals surface area contributed by atoms with E-state index in [1.54, 1.807) is 12.5 Å². The number of hydrogen-bond donors (Lipinski definition) is 2. The van der Waals surface area contributed by atoms with E-state index in [1.807, 2.05) is 0 Å². The van der Waals surface area contributed by atoms with Crippen molar-refractivity contribution in [3.8, 4) is 12.3 Å². The fraction of sp³-hybridized carbons (Fsp3) is 0.333. The number of amides is 1. The van der Waals surface area contributed by atoms with Gasteiger partial charge in [0.25, 0.3) is 0 Å². The number of aromatic nitrogens is 2. The third-order valence-corrected chi connectivity index (χ3v) is 1.53. The van der Waals surface area contributed by atoms with Gasteiger partial charge in [0.1, 0.15) is 0 Å². The lowest BCUT2D eigenvalue weighted by atomic mass is 10.3. The van der Waals surface area contributed by atoms with Gasteiger partial charge in [0.15, 0.2) is 0 Å². The zero-order valence-electron chi connectivity index (χ0n) is 7.21. The number of H-pyrrole nitrogens is 1. The molecule has 1 aromatic heterocycles. The molecule has 0 aliphatic rings. The van der Waals surface area contributed by atoms with Gasteiger partial charge in [-0.1, -0.05) is 0 Å². The van der Waals surface area contributed by atoms with E-state index < -0.39 is 0 Å². The molecule has 68 valence electrons. The maximum absolute atomic E-state index is 11.1. The van der Waals surface area contributed by atoms with Gasteiger partial charge in [-0.05, 0) is 0 Å². The molecule has 0 aromatic carbocycles. The molecule has 4 heteroatoms. The third-order valence-electron chi connectivity index (χ3n) is 1.53. The van der Waals surface area contributed by atoms with E-state index in [-0.39, 0.29) is 5.91 Å². The largest absolute Gasteiger partial charge is 0.350 e. The Morgan fingerprint density at radius 2 is 2.62 bits per heavy atom. The van der Waals surface area contributed by atoms with Gasteiger partial charge in [0.05, 0.1) is 18.6 Å². The second-order valence-electron chi connectivity index (χ2n) is 2.56. The van der Waals surface area contributed by atoms with Gasteiger partial charge in [-0.25, -0.2) is 4.98 Å². The Bertz CT molecular complexity index is 297. The number of aromatic amines is 1. The van der Waals surface area contributed by atoms with Crippen LogP contribution in [-0.4, -0.2) is 15.9 Å². The molecule has 0 fully saturated rings. The van der Waals surface area contributed by atoms with Crippen molar-refractivity contribution in [2.45, 2.75) is 19.4 Å². The molecule has 0 aliphatic heterocycles. The molecule has 0 saturated heterocycles. The zero-order valence-corrected chi connectivity index (χ0v) is 7.21. The fourth-order valence-corrected chi connectivity index (χ4v) is 0.849. The van der Waals surface area contributed by atoms with E-state index >= 15 is 0 Å². The van der Waals surface area contributed by atoms with Crippen LogP contribution in [0.2, 0.25) is 0 Å². The summed E-state index contributed by atoms with van der Waals surface area (Å²) in [5.74, 6) is 2.38. The molecule has 0 atom stereocenters. The Morgan fingerprint density at radius 1 is 1.77 bits per heavy atom. The van der Waals surface area contributed by atoms with Crippen LogP contribution >= 0.6 is 0 Å². The molecule has 1 amide bonds. The van der Waals surface area contributed by atoms with Crippen LogP contribution in [0.1, 0.15) is 18.5 Å². The molecule has 1 rings (SSSR count). The molecule has 1 aromatic rings. The number of terminal acetylenes is 1. The van der Waals surface area contributed by atoms with Gasteiger partial charge >= 0.3 is 0 Å². The van der Waals surface area contributed by atoms with Crippen LogP contribution < -0.4 is 5.32 Å². The summed E-state index contributed by atoms with van der Waals surface area (Å²) in [5, 5.41) is 2.71. The summed E-state index contributed by atoms with van der Waals surface area (Å²) in [6.07, 6.45) is 9.12. The molecule has 2 N–H and O–H groups in total. The standard InChI is InChI=1S/C9H11N3O/c1-2-3-4-9(13)11-6-8-5-10-7-12-8/h1,5,7H,3-4,6H2,(H,10,12)(H,11,13). The number of rotatable bonds is 4. The Hall–Kier alpha value is -1.76. The van der Waals surface area contributed by atoms with Crippen molar-refractivity contribution in [2.24, 2.45) is 0 Å². The maximum atomic E-state index is 11.1. The first-order chi connectivity index (χ1) is 6.33. The Balaban J connectivity index is 2.20. The summed E-state index contributed by atoms with van der Waals surface area (Å²) in [5.41, 5.74) is 0.883. The van der Waals surface area contributed by atoms with Crippen LogP contribution in [0.25, 0.3) is 0 Å². The Morgan fingerprint density at radius 3 is 3.23 bits per heavy atom. The SMILES string of the molecule is C#CCCC(=O)NCc1cnc[nH]1. The van der Waals surface area contributed by atoms with Crippen molar-refractivity contribution < 1.29 is 4.79 Å². The van der Waals surface area contributed by atoms with Gasteiger partial charge in [-0.2, -0.15) is 0 Å². The molecule has 0 unspecified atom stereocenters. The Labute approximate surface area is 76.8 Å². The van der Waals surface area contributed by atoms with Crippen LogP contribution in [0.5, 0.6) is 0 Å². The topological polar surface area (TPSA) is 57.8 Å². The minimum Gasteiger partial charge on any atom is -0.350 e. The van der Waals surface area contributed by atoms with E-state index in [2.05, 4.69) is 21.2 Å².